The van der Waals surface area contributed by atoms with E-state index in [1.165, 1.54) is 19.2 Å². The Morgan fingerprint density at radius 3 is 2.24 bits per heavy atom. The van der Waals surface area contributed by atoms with E-state index < -0.39 is 17.8 Å². The van der Waals surface area contributed by atoms with Gasteiger partial charge in [-0.2, -0.15) is 13.2 Å². The molecule has 8 heteroatoms. The van der Waals surface area contributed by atoms with Crippen LogP contribution >= 0.6 is 0 Å². The first kappa shape index (κ1) is 20.1. The number of nitrogens with one attached hydrogen (secondary N) is 3. The molecule has 0 aliphatic heterocycles. The number of urea groups is 1. The van der Waals surface area contributed by atoms with Crippen molar-refractivity contribution in [2.75, 3.05) is 23.1 Å². The number of benzene rings is 3. The fourth-order valence-electron chi connectivity index (χ4n) is 2.62. The van der Waals surface area contributed by atoms with Gasteiger partial charge in [0.05, 0.1) is 18.4 Å². The number of alkyl halides is 3. The van der Waals surface area contributed by atoms with Gasteiger partial charge in [0, 0.05) is 23.1 Å². The molecule has 0 heterocycles. The Bertz CT molecular complexity index is 992. The normalized spacial score (nSPS) is 10.9. The Morgan fingerprint density at radius 2 is 1.55 bits per heavy atom. The van der Waals surface area contributed by atoms with E-state index in [9.17, 15) is 18.0 Å². The van der Waals surface area contributed by atoms with Gasteiger partial charge >= 0.3 is 12.2 Å². The molecule has 3 N–H and O–H groups in total. The van der Waals surface area contributed by atoms with Gasteiger partial charge in [-0.3, -0.25) is 0 Å². The molecule has 5 nitrogen and oxygen atoms in total. The highest BCUT2D eigenvalue weighted by atomic mass is 19.4. The van der Waals surface area contributed by atoms with Crippen LogP contribution in [0.5, 0.6) is 5.75 Å². The number of hydrogen-bond acceptors (Lipinski definition) is 3. The maximum atomic E-state index is 12.8. The van der Waals surface area contributed by atoms with E-state index in [4.69, 9.17) is 4.74 Å². The van der Waals surface area contributed by atoms with E-state index in [2.05, 4.69) is 16.0 Å². The first-order valence-corrected chi connectivity index (χ1v) is 8.60. The Kier molecular flexibility index (Phi) is 5.92. The quantitative estimate of drug-likeness (QED) is 0.484. The summed E-state index contributed by atoms with van der Waals surface area (Å²) in [5, 5.41) is 8.17. The lowest BCUT2D eigenvalue weighted by molar-refractivity contribution is -0.137. The van der Waals surface area contributed by atoms with Gasteiger partial charge in [0.15, 0.2) is 0 Å². The maximum absolute atomic E-state index is 12.8. The highest BCUT2D eigenvalue weighted by Crippen LogP contribution is 2.31. The van der Waals surface area contributed by atoms with Crippen LogP contribution in [0.2, 0.25) is 0 Å². The molecular formula is C21H18F3N3O2. The smallest absolute Gasteiger partial charge is 0.416 e. The molecule has 3 rings (SSSR count). The molecule has 0 saturated heterocycles. The van der Waals surface area contributed by atoms with Crippen molar-refractivity contribution in [3.05, 3.63) is 78.4 Å². The summed E-state index contributed by atoms with van der Waals surface area (Å²) in [6, 6.07) is 18.3. The predicted octanol–water partition coefficient (Wildman–Crippen LogP) is 6.10. The number of ether oxygens (including phenoxy) is 1. The van der Waals surface area contributed by atoms with E-state index in [1.807, 2.05) is 30.3 Å². The zero-order valence-electron chi connectivity index (χ0n) is 15.4. The molecule has 0 fully saturated rings. The molecule has 29 heavy (non-hydrogen) atoms. The van der Waals surface area contributed by atoms with Gasteiger partial charge in [-0.15, -0.1) is 0 Å². The van der Waals surface area contributed by atoms with Gasteiger partial charge in [0.25, 0.3) is 0 Å². The Labute approximate surface area is 165 Å². The molecule has 0 spiro atoms. The molecule has 0 atom stereocenters. The first-order chi connectivity index (χ1) is 13.8. The first-order valence-electron chi connectivity index (χ1n) is 8.60. The van der Waals surface area contributed by atoms with Gasteiger partial charge in [-0.25, -0.2) is 4.79 Å². The van der Waals surface area contributed by atoms with Crippen molar-refractivity contribution in [1.29, 1.82) is 0 Å². The standard InChI is InChI=1S/C21H18F3N3O2/c1-29-19-13-17(25-15-7-3-2-4-8-15)10-11-18(19)27-20(28)26-16-9-5-6-14(12-16)21(22,23)24/h2-13,25H,1H3,(H2,26,27,28). The Morgan fingerprint density at radius 1 is 0.828 bits per heavy atom. The SMILES string of the molecule is COc1cc(Nc2ccccc2)ccc1NC(=O)Nc1cccc(C(F)(F)F)c1. The average Bonchev–Trinajstić information content (AvgIpc) is 2.69. The number of rotatable bonds is 5. The summed E-state index contributed by atoms with van der Waals surface area (Å²) in [7, 11) is 1.46. The molecule has 2 amide bonds. The number of carbonyl (C=O) groups is 1. The highest BCUT2D eigenvalue weighted by Gasteiger charge is 2.30. The molecule has 0 aromatic heterocycles. The van der Waals surface area contributed by atoms with Gasteiger partial charge in [-0.05, 0) is 42.5 Å². The Hall–Kier alpha value is -3.68. The van der Waals surface area contributed by atoms with Crippen molar-refractivity contribution >= 4 is 28.8 Å². The minimum absolute atomic E-state index is 0.0265. The van der Waals surface area contributed by atoms with Crippen LogP contribution in [0.3, 0.4) is 0 Å². The van der Waals surface area contributed by atoms with E-state index in [0.29, 0.717) is 11.4 Å². The summed E-state index contributed by atoms with van der Waals surface area (Å²) in [6.45, 7) is 0. The van der Waals surface area contributed by atoms with Crippen molar-refractivity contribution < 1.29 is 22.7 Å². The molecule has 0 saturated carbocycles. The van der Waals surface area contributed by atoms with Gasteiger partial charge in [0.1, 0.15) is 5.75 Å². The summed E-state index contributed by atoms with van der Waals surface area (Å²) < 4.78 is 43.7. The van der Waals surface area contributed by atoms with Gasteiger partial charge in [0.2, 0.25) is 0 Å². The third-order valence-corrected chi connectivity index (χ3v) is 3.96. The van der Waals surface area contributed by atoms with Crippen LogP contribution in [-0.4, -0.2) is 13.1 Å². The largest absolute Gasteiger partial charge is 0.494 e. The predicted molar refractivity (Wildman–Crippen MR) is 107 cm³/mol. The highest BCUT2D eigenvalue weighted by molar-refractivity contribution is 6.01. The molecule has 0 unspecified atom stereocenters. The second-order valence-electron chi connectivity index (χ2n) is 6.06. The molecule has 150 valence electrons. The van der Waals surface area contributed by atoms with Gasteiger partial charge in [-0.1, -0.05) is 24.3 Å². The Balaban J connectivity index is 1.70. The van der Waals surface area contributed by atoms with Crippen LogP contribution in [0.15, 0.2) is 72.8 Å². The molecule has 0 aliphatic rings. The maximum Gasteiger partial charge on any atom is 0.416 e. The lowest BCUT2D eigenvalue weighted by atomic mass is 10.2. The molecule has 0 bridgehead atoms. The van der Waals surface area contributed by atoms with Crippen LogP contribution in [-0.2, 0) is 6.18 Å². The van der Waals surface area contributed by atoms with E-state index in [-0.39, 0.29) is 5.69 Å². The van der Waals surface area contributed by atoms with Gasteiger partial charge < -0.3 is 20.7 Å². The van der Waals surface area contributed by atoms with Crippen molar-refractivity contribution in [1.82, 2.24) is 0 Å². The fourth-order valence-corrected chi connectivity index (χ4v) is 2.62. The molecular weight excluding hydrogens is 383 g/mol. The molecule has 0 radical (unpaired) electrons. The number of hydrogen-bond donors (Lipinski definition) is 3. The van der Waals surface area contributed by atoms with Crippen LogP contribution in [0.25, 0.3) is 0 Å². The summed E-state index contributed by atoms with van der Waals surface area (Å²) in [5.74, 6) is 0.394. The van der Waals surface area contributed by atoms with E-state index >= 15 is 0 Å². The fraction of sp³-hybridized carbons (Fsp3) is 0.0952. The molecule has 3 aromatic rings. The van der Waals surface area contributed by atoms with E-state index in [0.717, 1.165) is 23.5 Å². The number of halogens is 3. The van der Waals surface area contributed by atoms with Crippen LogP contribution < -0.4 is 20.7 Å². The summed E-state index contributed by atoms with van der Waals surface area (Å²) in [4.78, 5) is 12.2. The van der Waals surface area contributed by atoms with Crippen molar-refractivity contribution in [2.45, 2.75) is 6.18 Å². The zero-order valence-corrected chi connectivity index (χ0v) is 15.4. The molecule has 3 aromatic carbocycles. The lowest BCUT2D eigenvalue weighted by Gasteiger charge is -2.14. The van der Waals surface area contributed by atoms with Crippen LogP contribution in [0.4, 0.5) is 40.7 Å². The number of carbonyl (C=O) groups excluding carboxylic acids is 1. The van der Waals surface area contributed by atoms with Crippen LogP contribution in [0, 0.1) is 0 Å². The van der Waals surface area contributed by atoms with Crippen molar-refractivity contribution in [2.24, 2.45) is 0 Å². The second kappa shape index (κ2) is 8.55. The third-order valence-electron chi connectivity index (χ3n) is 3.96. The van der Waals surface area contributed by atoms with Crippen LogP contribution in [0.1, 0.15) is 5.56 Å². The minimum Gasteiger partial charge on any atom is -0.494 e. The number of methoxy groups -OCH3 is 1. The average molecular weight is 401 g/mol. The zero-order chi connectivity index (χ0) is 20.9. The van der Waals surface area contributed by atoms with Crippen molar-refractivity contribution in [3.8, 4) is 5.75 Å². The molecule has 0 aliphatic carbocycles. The third kappa shape index (κ3) is 5.41. The summed E-state index contributed by atoms with van der Waals surface area (Å²) in [6.07, 6.45) is -4.49. The number of anilines is 4. The topological polar surface area (TPSA) is 62.4 Å². The summed E-state index contributed by atoms with van der Waals surface area (Å²) in [5.41, 5.74) is 1.19. The summed E-state index contributed by atoms with van der Waals surface area (Å²) >= 11 is 0. The minimum atomic E-state index is -4.49. The van der Waals surface area contributed by atoms with E-state index in [1.54, 1.807) is 18.2 Å². The number of para-hydroxylation sites is 1. The number of amides is 2. The van der Waals surface area contributed by atoms with Crippen molar-refractivity contribution in [3.63, 3.8) is 0 Å². The second-order valence-corrected chi connectivity index (χ2v) is 6.06. The lowest BCUT2D eigenvalue weighted by Crippen LogP contribution is -2.20. The monoisotopic (exact) mass is 401 g/mol.